The Morgan fingerprint density at radius 3 is 2.87 bits per heavy atom. The highest BCUT2D eigenvalue weighted by Crippen LogP contribution is 2.18. The molecule has 3 rings (SSSR count). The largest absolute Gasteiger partial charge is 0.461 e. The van der Waals surface area contributed by atoms with Gasteiger partial charge in [0.15, 0.2) is 11.6 Å². The molecule has 122 valence electrons. The van der Waals surface area contributed by atoms with Crippen molar-refractivity contribution in [1.29, 1.82) is 0 Å². The van der Waals surface area contributed by atoms with E-state index in [1.54, 1.807) is 29.0 Å². The van der Waals surface area contributed by atoms with E-state index in [4.69, 9.17) is 21.1 Å². The Bertz CT molecular complexity index is 716. The second-order valence-corrected chi connectivity index (χ2v) is 5.45. The van der Waals surface area contributed by atoms with E-state index in [1.807, 2.05) is 0 Å². The van der Waals surface area contributed by atoms with Crippen molar-refractivity contribution in [2.75, 3.05) is 37.8 Å². The van der Waals surface area contributed by atoms with E-state index in [9.17, 15) is 4.79 Å². The number of hydrogen-bond donors (Lipinski definition) is 0. The Morgan fingerprint density at radius 2 is 2.09 bits per heavy atom. The molecule has 0 spiro atoms. The summed E-state index contributed by atoms with van der Waals surface area (Å²) in [6.45, 7) is 3.60. The molecular weight excluding hydrogens is 320 g/mol. The number of halogens is 1. The van der Waals surface area contributed by atoms with Gasteiger partial charge in [-0.15, -0.1) is 4.98 Å². The third kappa shape index (κ3) is 4.20. The fraction of sp³-hybridized carbons (Fsp3) is 0.400. The second-order valence-electron chi connectivity index (χ2n) is 5.03. The van der Waals surface area contributed by atoms with Gasteiger partial charge in [-0.05, 0) is 6.07 Å². The average Bonchev–Trinajstić information content (AvgIpc) is 2.57. The Morgan fingerprint density at radius 1 is 1.26 bits per heavy atom. The van der Waals surface area contributed by atoms with Crippen LogP contribution in [0, 0.1) is 11.6 Å². The predicted octanol–water partition coefficient (Wildman–Crippen LogP) is 0.250. The number of pyridine rings is 1. The lowest BCUT2D eigenvalue weighted by Gasteiger charge is -2.27. The zero-order chi connectivity index (χ0) is 16.1. The van der Waals surface area contributed by atoms with E-state index in [-0.39, 0.29) is 11.6 Å². The van der Waals surface area contributed by atoms with Gasteiger partial charge in [0.2, 0.25) is 0 Å². The Labute approximate surface area is 138 Å². The van der Waals surface area contributed by atoms with Crippen LogP contribution in [0.2, 0.25) is 5.15 Å². The van der Waals surface area contributed by atoms with Crippen LogP contribution in [0.15, 0.2) is 35.3 Å². The molecule has 0 saturated carbocycles. The summed E-state index contributed by atoms with van der Waals surface area (Å²) in [7, 11) is 0. The molecule has 8 heteroatoms. The van der Waals surface area contributed by atoms with E-state index in [1.165, 1.54) is 6.07 Å². The molecule has 1 aliphatic heterocycles. The minimum atomic E-state index is -0.0666. The van der Waals surface area contributed by atoms with Crippen molar-refractivity contribution < 1.29 is 21.1 Å². The molecule has 0 N–H and O–H groups in total. The van der Waals surface area contributed by atoms with Gasteiger partial charge in [-0.2, -0.15) is 4.98 Å². The fourth-order valence-electron chi connectivity index (χ4n) is 2.29. The second kappa shape index (κ2) is 7.43. The van der Waals surface area contributed by atoms with Crippen molar-refractivity contribution in [3.05, 3.63) is 46.0 Å². The molecule has 0 atom stereocenters. The van der Waals surface area contributed by atoms with Gasteiger partial charge in [0.1, 0.15) is 12.4 Å². The average molecular weight is 338 g/mol. The molecule has 0 amide bonds. The van der Waals surface area contributed by atoms with E-state index < -0.39 is 0 Å². The van der Waals surface area contributed by atoms with Gasteiger partial charge in [-0.25, -0.2) is 0 Å². The van der Waals surface area contributed by atoms with Crippen LogP contribution < -0.4 is 15.2 Å². The van der Waals surface area contributed by atoms with Crippen LogP contribution in [0.1, 0.15) is 0 Å². The Kier molecular flexibility index (Phi) is 5.09. The third-order valence-electron chi connectivity index (χ3n) is 3.47. The monoisotopic (exact) mass is 337 g/mol. The highest BCUT2D eigenvalue weighted by molar-refractivity contribution is 5.40. The maximum absolute atomic E-state index is 11.6. The van der Waals surface area contributed by atoms with Crippen LogP contribution in [-0.4, -0.2) is 47.4 Å². The normalized spacial score (nSPS) is 14.7. The first-order valence-electron chi connectivity index (χ1n) is 7.39. The van der Waals surface area contributed by atoms with E-state index in [2.05, 4.69) is 14.9 Å². The van der Waals surface area contributed by atoms with Crippen molar-refractivity contribution in [3.8, 4) is 6.01 Å². The minimum absolute atomic E-state index is 0.0666. The molecule has 2 aromatic rings. The van der Waals surface area contributed by atoms with Crippen molar-refractivity contribution in [1.82, 2.24) is 14.5 Å². The molecule has 0 bridgehead atoms. The van der Waals surface area contributed by atoms with Gasteiger partial charge in [-0.1, -0.05) is 6.07 Å². The molecule has 0 aromatic carbocycles. The molecule has 1 fully saturated rings. The summed E-state index contributed by atoms with van der Waals surface area (Å²) in [6.07, 6.45) is 1.72. The molecule has 1 aliphatic rings. The number of hydrogen-bond acceptors (Lipinski definition) is 6. The number of morpholine rings is 1. The van der Waals surface area contributed by atoms with Crippen molar-refractivity contribution in [3.63, 3.8) is 0 Å². The topological polar surface area (TPSA) is 69.5 Å². The van der Waals surface area contributed by atoms with Gasteiger partial charge < -0.3 is 18.9 Å². The summed E-state index contributed by atoms with van der Waals surface area (Å²) in [6, 6.07) is 7.02. The predicted molar refractivity (Wildman–Crippen MR) is 81.8 cm³/mol. The molecule has 0 radical (unpaired) electrons. The third-order valence-corrected chi connectivity index (χ3v) is 3.68. The molecular formula is C15H18ClN4O3+. The summed E-state index contributed by atoms with van der Waals surface area (Å²) in [5.74, 6) is 0.750. The highest BCUT2D eigenvalue weighted by atomic mass is 35.5. The number of ether oxygens (including phenoxy) is 2. The first kappa shape index (κ1) is 15.8. The van der Waals surface area contributed by atoms with Crippen LogP contribution in [0.4, 0.5) is 5.82 Å². The number of nitrogens with zero attached hydrogens (tertiary/aromatic N) is 4. The highest BCUT2D eigenvalue weighted by Gasteiger charge is 2.17. The van der Waals surface area contributed by atoms with Gasteiger partial charge in [0.25, 0.3) is 5.56 Å². The molecule has 2 aromatic heterocycles. The maximum atomic E-state index is 11.6. The van der Waals surface area contributed by atoms with Crippen LogP contribution in [0.3, 0.4) is 0 Å². The molecule has 23 heavy (non-hydrogen) atoms. The Hall–Kier alpha value is -2.12. The number of anilines is 1. The van der Waals surface area contributed by atoms with E-state index in [0.29, 0.717) is 31.5 Å². The van der Waals surface area contributed by atoms with Crippen molar-refractivity contribution >= 4 is 5.82 Å². The van der Waals surface area contributed by atoms with Gasteiger partial charge in [0.05, 0.1) is 25.8 Å². The van der Waals surface area contributed by atoms with Gasteiger partial charge >= 0.3 is 11.2 Å². The van der Waals surface area contributed by atoms with Gasteiger partial charge in [0, 0.05) is 25.4 Å². The quantitative estimate of drug-likeness (QED) is 0.729. The van der Waals surface area contributed by atoms with Crippen LogP contribution >= 0.6 is 0 Å². The summed E-state index contributed by atoms with van der Waals surface area (Å²) >= 11 is 5.18. The SMILES string of the molecule is O=c1ccccn1CCOc1nc([ClH+])cc(N2CCOCC2)n1. The summed E-state index contributed by atoms with van der Waals surface area (Å²) in [5, 5.41) is 0.438. The molecule has 0 unspecified atom stereocenters. The van der Waals surface area contributed by atoms with Crippen LogP contribution in [-0.2, 0) is 11.3 Å². The summed E-state index contributed by atoms with van der Waals surface area (Å²) in [5.41, 5.74) is -0.0666. The van der Waals surface area contributed by atoms with Crippen LogP contribution in [0.25, 0.3) is 0 Å². The molecule has 7 nitrogen and oxygen atoms in total. The zero-order valence-corrected chi connectivity index (χ0v) is 13.4. The summed E-state index contributed by atoms with van der Waals surface area (Å²) < 4.78 is 12.5. The first-order valence-corrected chi connectivity index (χ1v) is 7.80. The molecule has 3 heterocycles. The van der Waals surface area contributed by atoms with Crippen LogP contribution in [0.5, 0.6) is 6.01 Å². The molecule has 1 saturated heterocycles. The van der Waals surface area contributed by atoms with Crippen molar-refractivity contribution in [2.45, 2.75) is 6.54 Å². The lowest BCUT2D eigenvalue weighted by Crippen LogP contribution is -2.36. The minimum Gasteiger partial charge on any atom is -0.461 e. The lowest BCUT2D eigenvalue weighted by molar-refractivity contribution is -0.296. The lowest BCUT2D eigenvalue weighted by atomic mass is 10.4. The fourth-order valence-corrected chi connectivity index (χ4v) is 2.48. The first-order chi connectivity index (χ1) is 11.2. The van der Waals surface area contributed by atoms with E-state index in [0.717, 1.165) is 18.9 Å². The number of rotatable bonds is 5. The van der Waals surface area contributed by atoms with E-state index >= 15 is 0 Å². The molecule has 0 aliphatic carbocycles. The summed E-state index contributed by atoms with van der Waals surface area (Å²) in [4.78, 5) is 22.2. The Balaban J connectivity index is 1.64. The smallest absolute Gasteiger partial charge is 0.326 e. The maximum Gasteiger partial charge on any atom is 0.326 e. The standard InChI is InChI=1S/C15H18ClN4O3/c16-12-11-13(19-5-8-22-9-6-19)18-15(17-12)23-10-7-20-4-2-1-3-14(20)21/h1-4,11,16H,5-10H2/q+1. The van der Waals surface area contributed by atoms with Crippen molar-refractivity contribution in [2.24, 2.45) is 0 Å². The van der Waals surface area contributed by atoms with Gasteiger partial charge in [-0.3, -0.25) is 4.79 Å². The number of aromatic nitrogens is 3. The zero-order valence-electron chi connectivity index (χ0n) is 12.6.